The van der Waals surface area contributed by atoms with Crippen LogP contribution >= 0.6 is 34.8 Å². The second-order valence-corrected chi connectivity index (χ2v) is 7.31. The van der Waals surface area contributed by atoms with Gasteiger partial charge in [0, 0.05) is 15.6 Å². The number of carbonyl (C=O) groups is 2. The van der Waals surface area contributed by atoms with Crippen LogP contribution in [-0.4, -0.2) is 34.9 Å². The summed E-state index contributed by atoms with van der Waals surface area (Å²) in [5.41, 5.74) is 1.12. The van der Waals surface area contributed by atoms with Crippen LogP contribution < -0.4 is 0 Å². The maximum absolute atomic E-state index is 12.9. The van der Waals surface area contributed by atoms with E-state index in [0.717, 1.165) is 0 Å². The van der Waals surface area contributed by atoms with Crippen molar-refractivity contribution in [1.82, 2.24) is 9.78 Å². The largest absolute Gasteiger partial charge is 0.462 e. The zero-order valence-corrected chi connectivity index (χ0v) is 18.4. The smallest absolute Gasteiger partial charge is 0.359 e. The molecule has 0 aliphatic rings. The molecule has 0 spiro atoms. The van der Waals surface area contributed by atoms with E-state index in [1.807, 2.05) is 0 Å². The Labute approximate surface area is 188 Å². The van der Waals surface area contributed by atoms with Gasteiger partial charge in [-0.05, 0) is 44.2 Å². The summed E-state index contributed by atoms with van der Waals surface area (Å²) in [6, 6.07) is 11.5. The Hall–Kier alpha value is -2.54. The molecule has 0 bridgehead atoms. The standard InChI is InChI=1S/C21H17Cl3N2O4/c1-3-29-20(27)17-18(21(28)30-4-2)25-26(16-10-9-14(23)11-15(16)24)19(17)12-5-7-13(22)8-6-12/h5-11H,3-4H2,1-2H3. The van der Waals surface area contributed by atoms with Gasteiger partial charge in [0.25, 0.3) is 0 Å². The zero-order chi connectivity index (χ0) is 21.8. The van der Waals surface area contributed by atoms with Crippen LogP contribution in [0.15, 0.2) is 42.5 Å². The number of rotatable bonds is 6. The third kappa shape index (κ3) is 4.46. The first-order chi connectivity index (χ1) is 14.4. The van der Waals surface area contributed by atoms with Crippen molar-refractivity contribution in [3.63, 3.8) is 0 Å². The molecule has 0 atom stereocenters. The van der Waals surface area contributed by atoms with Crippen molar-refractivity contribution in [1.29, 1.82) is 0 Å². The number of halogens is 3. The lowest BCUT2D eigenvalue weighted by molar-refractivity contribution is 0.0476. The predicted octanol–water partition coefficient (Wildman–Crippen LogP) is 5.85. The fourth-order valence-electron chi connectivity index (χ4n) is 2.86. The number of aromatic nitrogens is 2. The Balaban J connectivity index is 2.37. The third-order valence-electron chi connectivity index (χ3n) is 4.09. The fourth-order valence-corrected chi connectivity index (χ4v) is 3.47. The topological polar surface area (TPSA) is 70.4 Å². The molecular weight excluding hydrogens is 451 g/mol. The highest BCUT2D eigenvalue weighted by atomic mass is 35.5. The van der Waals surface area contributed by atoms with Gasteiger partial charge in [-0.2, -0.15) is 5.10 Å². The Bertz CT molecular complexity index is 1090. The number of hydrogen-bond donors (Lipinski definition) is 0. The van der Waals surface area contributed by atoms with Gasteiger partial charge in [0.05, 0.1) is 29.6 Å². The minimum Gasteiger partial charge on any atom is -0.462 e. The minimum absolute atomic E-state index is 0.0244. The first-order valence-corrected chi connectivity index (χ1v) is 10.2. The van der Waals surface area contributed by atoms with Gasteiger partial charge in [0.15, 0.2) is 5.69 Å². The van der Waals surface area contributed by atoms with E-state index in [4.69, 9.17) is 44.3 Å². The molecule has 0 amide bonds. The molecular formula is C21H17Cl3N2O4. The van der Waals surface area contributed by atoms with Gasteiger partial charge in [0.2, 0.25) is 0 Å². The average molecular weight is 468 g/mol. The summed E-state index contributed by atoms with van der Waals surface area (Å²) in [4.78, 5) is 25.5. The molecule has 6 nitrogen and oxygen atoms in total. The molecule has 1 heterocycles. The van der Waals surface area contributed by atoms with Crippen molar-refractivity contribution >= 4 is 46.7 Å². The molecule has 2 aromatic carbocycles. The molecule has 0 fully saturated rings. The van der Waals surface area contributed by atoms with Gasteiger partial charge in [-0.1, -0.05) is 46.9 Å². The maximum Gasteiger partial charge on any atom is 0.359 e. The lowest BCUT2D eigenvalue weighted by atomic mass is 10.0. The van der Waals surface area contributed by atoms with Crippen LogP contribution in [0.2, 0.25) is 15.1 Å². The number of carbonyl (C=O) groups excluding carboxylic acids is 2. The van der Waals surface area contributed by atoms with Crippen molar-refractivity contribution in [2.24, 2.45) is 0 Å². The van der Waals surface area contributed by atoms with Gasteiger partial charge in [-0.25, -0.2) is 14.3 Å². The van der Waals surface area contributed by atoms with E-state index >= 15 is 0 Å². The van der Waals surface area contributed by atoms with E-state index in [-0.39, 0.29) is 29.5 Å². The van der Waals surface area contributed by atoms with E-state index in [1.54, 1.807) is 56.3 Å². The summed E-state index contributed by atoms with van der Waals surface area (Å²) in [6.45, 7) is 3.57. The Kier molecular flexibility index (Phi) is 7.02. The summed E-state index contributed by atoms with van der Waals surface area (Å²) in [5.74, 6) is -1.46. The number of benzene rings is 2. The van der Waals surface area contributed by atoms with E-state index in [1.165, 1.54) is 4.68 Å². The summed E-state index contributed by atoms with van der Waals surface area (Å²) in [7, 11) is 0. The van der Waals surface area contributed by atoms with E-state index in [2.05, 4.69) is 5.10 Å². The maximum atomic E-state index is 12.9. The molecule has 0 unspecified atom stereocenters. The summed E-state index contributed by atoms with van der Waals surface area (Å²) >= 11 is 18.4. The van der Waals surface area contributed by atoms with Crippen LogP contribution in [0.1, 0.15) is 34.7 Å². The highest BCUT2D eigenvalue weighted by Gasteiger charge is 2.31. The number of hydrogen-bond acceptors (Lipinski definition) is 5. The quantitative estimate of drug-likeness (QED) is 0.425. The summed E-state index contributed by atoms with van der Waals surface area (Å²) in [6.07, 6.45) is 0. The second kappa shape index (κ2) is 9.51. The van der Waals surface area contributed by atoms with Crippen LogP contribution in [0.3, 0.4) is 0 Å². The second-order valence-electron chi connectivity index (χ2n) is 6.03. The van der Waals surface area contributed by atoms with E-state index in [9.17, 15) is 9.59 Å². The van der Waals surface area contributed by atoms with Crippen LogP contribution in [0, 0.1) is 0 Å². The molecule has 3 aromatic rings. The molecule has 1 aromatic heterocycles. The summed E-state index contributed by atoms with van der Waals surface area (Å²) < 4.78 is 11.7. The van der Waals surface area contributed by atoms with Crippen molar-refractivity contribution in [2.75, 3.05) is 13.2 Å². The zero-order valence-electron chi connectivity index (χ0n) is 16.1. The monoisotopic (exact) mass is 466 g/mol. The minimum atomic E-state index is -0.750. The SMILES string of the molecule is CCOC(=O)c1nn(-c2ccc(Cl)cc2Cl)c(-c2ccc(Cl)cc2)c1C(=O)OCC. The van der Waals surface area contributed by atoms with Crippen molar-refractivity contribution in [3.8, 4) is 16.9 Å². The highest BCUT2D eigenvalue weighted by Crippen LogP contribution is 2.34. The predicted molar refractivity (Wildman–Crippen MR) is 116 cm³/mol. The highest BCUT2D eigenvalue weighted by molar-refractivity contribution is 6.35. The van der Waals surface area contributed by atoms with Crippen molar-refractivity contribution < 1.29 is 19.1 Å². The Morgan fingerprint density at radius 3 is 2.10 bits per heavy atom. The van der Waals surface area contributed by atoms with Crippen molar-refractivity contribution in [2.45, 2.75) is 13.8 Å². The molecule has 0 N–H and O–H groups in total. The number of esters is 2. The van der Waals surface area contributed by atoms with Crippen molar-refractivity contribution in [3.05, 3.63) is 68.8 Å². The lowest BCUT2D eigenvalue weighted by Gasteiger charge is -2.11. The number of nitrogens with zero attached hydrogens (tertiary/aromatic N) is 2. The van der Waals surface area contributed by atoms with Crippen LogP contribution in [-0.2, 0) is 9.47 Å². The molecule has 0 saturated heterocycles. The molecule has 30 heavy (non-hydrogen) atoms. The third-order valence-corrected chi connectivity index (χ3v) is 4.88. The van der Waals surface area contributed by atoms with Crippen LogP contribution in [0.5, 0.6) is 0 Å². The Morgan fingerprint density at radius 2 is 1.50 bits per heavy atom. The number of ether oxygens (including phenoxy) is 2. The first-order valence-electron chi connectivity index (χ1n) is 9.06. The molecule has 156 valence electrons. The van der Waals surface area contributed by atoms with Crippen LogP contribution in [0.25, 0.3) is 16.9 Å². The first kappa shape index (κ1) is 22.2. The van der Waals surface area contributed by atoms with E-state index in [0.29, 0.717) is 27.0 Å². The molecule has 9 heteroatoms. The molecule has 3 rings (SSSR count). The van der Waals surface area contributed by atoms with Gasteiger partial charge in [-0.15, -0.1) is 0 Å². The molecule has 0 aliphatic heterocycles. The molecule has 0 saturated carbocycles. The normalized spacial score (nSPS) is 10.7. The van der Waals surface area contributed by atoms with E-state index < -0.39 is 11.9 Å². The van der Waals surface area contributed by atoms with Gasteiger partial charge < -0.3 is 9.47 Å². The fraction of sp³-hybridized carbons (Fsp3) is 0.190. The summed E-state index contributed by atoms with van der Waals surface area (Å²) in [5, 5.41) is 5.60. The van der Waals surface area contributed by atoms with Crippen LogP contribution in [0.4, 0.5) is 0 Å². The van der Waals surface area contributed by atoms with Gasteiger partial charge >= 0.3 is 11.9 Å². The molecule has 0 radical (unpaired) electrons. The average Bonchev–Trinajstić information content (AvgIpc) is 3.09. The molecule has 0 aliphatic carbocycles. The Morgan fingerprint density at radius 1 is 0.900 bits per heavy atom. The lowest BCUT2D eigenvalue weighted by Crippen LogP contribution is -2.13. The van der Waals surface area contributed by atoms with Gasteiger partial charge in [0.1, 0.15) is 5.56 Å². The van der Waals surface area contributed by atoms with Gasteiger partial charge in [-0.3, -0.25) is 0 Å².